The van der Waals surface area contributed by atoms with E-state index < -0.39 is 19.0 Å². The Morgan fingerprint density at radius 1 is 1.08 bits per heavy atom. The summed E-state index contributed by atoms with van der Waals surface area (Å²) >= 11 is 0. The van der Waals surface area contributed by atoms with E-state index in [-0.39, 0.29) is 76.1 Å². The Bertz CT molecular complexity index is 195. The largest absolute Gasteiger partial charge is 1.00 e. The summed E-state index contributed by atoms with van der Waals surface area (Å²) in [6.45, 7) is -5.14. The van der Waals surface area contributed by atoms with Crippen LogP contribution in [0.3, 0.4) is 0 Å². The molecule has 0 atom stereocenters. The third kappa shape index (κ3) is 1.67. The first-order valence-electron chi connectivity index (χ1n) is 4.19. The molecule has 0 spiro atoms. The summed E-state index contributed by atoms with van der Waals surface area (Å²) in [5, 5.41) is -1.34. The van der Waals surface area contributed by atoms with Crippen LogP contribution in [0.4, 0.5) is 17.3 Å². The monoisotopic (exact) mass is 220 g/mol. The van der Waals surface area contributed by atoms with E-state index in [0.29, 0.717) is 6.42 Å². The minimum absolute atomic E-state index is 0. The Labute approximate surface area is 117 Å². The van der Waals surface area contributed by atoms with Gasteiger partial charge in [0.05, 0.1) is 6.67 Å². The summed E-state index contributed by atoms with van der Waals surface area (Å²) in [5.74, 6) is 0. The SMILES string of the molecule is FCCC12CC([B-](F)(F)F)(C1)C2.[K+]. The molecule has 0 amide bonds. The first-order valence-corrected chi connectivity index (χ1v) is 4.19. The average molecular weight is 220 g/mol. The van der Waals surface area contributed by atoms with Gasteiger partial charge in [-0.3, -0.25) is 4.39 Å². The van der Waals surface area contributed by atoms with Crippen LogP contribution in [0, 0.1) is 5.41 Å². The first-order chi connectivity index (χ1) is 5.43. The van der Waals surface area contributed by atoms with Gasteiger partial charge >= 0.3 is 58.4 Å². The fraction of sp³-hybridized carbons (Fsp3) is 1.00. The smallest absolute Gasteiger partial charge is 0.449 e. The summed E-state index contributed by atoms with van der Waals surface area (Å²) in [6.07, 6.45) is 0.940. The van der Waals surface area contributed by atoms with Crippen LogP contribution in [0.25, 0.3) is 0 Å². The molecule has 2 bridgehead atoms. The molecule has 0 aliphatic heterocycles. The van der Waals surface area contributed by atoms with Crippen molar-refractivity contribution in [3.8, 4) is 0 Å². The average Bonchev–Trinajstić information content (AvgIpc) is 1.70. The van der Waals surface area contributed by atoms with Crippen LogP contribution >= 0.6 is 0 Å². The number of alkyl halides is 1. The predicted molar refractivity (Wildman–Crippen MR) is 38.6 cm³/mol. The summed E-state index contributed by atoms with van der Waals surface area (Å²) in [5.41, 5.74) is -0.244. The Kier molecular flexibility index (Phi) is 3.34. The van der Waals surface area contributed by atoms with Gasteiger partial charge in [0.15, 0.2) is 0 Å². The van der Waals surface area contributed by atoms with E-state index in [1.54, 1.807) is 0 Å². The quantitative estimate of drug-likeness (QED) is 0.468. The Hall–Kier alpha value is 1.42. The van der Waals surface area contributed by atoms with Gasteiger partial charge < -0.3 is 12.9 Å². The molecule has 13 heavy (non-hydrogen) atoms. The molecule has 0 aromatic heterocycles. The van der Waals surface area contributed by atoms with Crippen LogP contribution in [-0.4, -0.2) is 13.7 Å². The molecule has 0 radical (unpaired) electrons. The maximum Gasteiger partial charge on any atom is 1.00 e. The molecule has 3 saturated carbocycles. The Morgan fingerprint density at radius 2 is 1.54 bits per heavy atom. The summed E-state index contributed by atoms with van der Waals surface area (Å²) in [4.78, 5) is 0. The zero-order chi connectivity index (χ0) is 9.04. The van der Waals surface area contributed by atoms with E-state index in [9.17, 15) is 17.3 Å². The summed E-state index contributed by atoms with van der Waals surface area (Å²) in [6, 6.07) is 0. The summed E-state index contributed by atoms with van der Waals surface area (Å²) in [7, 11) is 0. The van der Waals surface area contributed by atoms with Gasteiger partial charge in [0.2, 0.25) is 0 Å². The minimum Gasteiger partial charge on any atom is -0.449 e. The van der Waals surface area contributed by atoms with E-state index >= 15 is 0 Å². The van der Waals surface area contributed by atoms with Gasteiger partial charge in [-0.25, -0.2) is 0 Å². The van der Waals surface area contributed by atoms with Crippen molar-refractivity contribution >= 4 is 6.98 Å². The number of hydrogen-bond donors (Lipinski definition) is 0. The van der Waals surface area contributed by atoms with Crippen LogP contribution in [0.2, 0.25) is 5.31 Å². The zero-order valence-corrected chi connectivity index (χ0v) is 10.7. The predicted octanol–water partition coefficient (Wildman–Crippen LogP) is 0.122. The van der Waals surface area contributed by atoms with Crippen molar-refractivity contribution in [2.45, 2.75) is 31.0 Å². The van der Waals surface area contributed by atoms with Gasteiger partial charge in [-0.2, -0.15) is 0 Å². The zero-order valence-electron chi connectivity index (χ0n) is 7.62. The van der Waals surface area contributed by atoms with Crippen LogP contribution in [0.5, 0.6) is 0 Å². The van der Waals surface area contributed by atoms with Crippen molar-refractivity contribution in [1.29, 1.82) is 0 Å². The fourth-order valence-corrected chi connectivity index (χ4v) is 2.90. The second-order valence-corrected chi connectivity index (χ2v) is 4.41. The third-order valence-electron chi connectivity index (χ3n) is 3.50. The second kappa shape index (κ2) is 3.47. The van der Waals surface area contributed by atoms with Crippen LogP contribution < -0.4 is 51.4 Å². The molecule has 0 saturated heterocycles. The molecule has 0 heterocycles. The molecule has 0 aromatic carbocycles. The Morgan fingerprint density at radius 3 is 1.85 bits per heavy atom. The van der Waals surface area contributed by atoms with E-state index in [2.05, 4.69) is 0 Å². The Balaban J connectivity index is 0.000000845. The molecule has 0 N–H and O–H groups in total. The van der Waals surface area contributed by atoms with Crippen molar-refractivity contribution in [3.05, 3.63) is 0 Å². The normalized spacial score (nSPS) is 41.5. The maximum absolute atomic E-state index is 12.3. The van der Waals surface area contributed by atoms with Crippen LogP contribution in [-0.2, 0) is 0 Å². The van der Waals surface area contributed by atoms with E-state index in [1.807, 2.05) is 0 Å². The van der Waals surface area contributed by atoms with Gasteiger partial charge in [0.1, 0.15) is 0 Å². The van der Waals surface area contributed by atoms with Crippen molar-refractivity contribution in [2.75, 3.05) is 6.67 Å². The molecular formula is C7H10BF4K. The van der Waals surface area contributed by atoms with Gasteiger partial charge in [0, 0.05) is 0 Å². The van der Waals surface area contributed by atoms with Crippen LogP contribution in [0.15, 0.2) is 0 Å². The van der Waals surface area contributed by atoms with Gasteiger partial charge in [-0.15, -0.1) is 0 Å². The molecular weight excluding hydrogens is 210 g/mol. The van der Waals surface area contributed by atoms with Crippen molar-refractivity contribution < 1.29 is 68.7 Å². The minimum atomic E-state index is -4.67. The molecule has 70 valence electrons. The third-order valence-corrected chi connectivity index (χ3v) is 3.50. The van der Waals surface area contributed by atoms with Crippen LogP contribution in [0.1, 0.15) is 25.7 Å². The standard InChI is InChI=1S/C7H10BF4.K/c9-2-1-6-3-7(4-6,5-6)8(10,11)12;/h1-5H2;/q-1;+1. The number of rotatable bonds is 3. The topological polar surface area (TPSA) is 0 Å². The van der Waals surface area contributed by atoms with Gasteiger partial charge in [-0.1, -0.05) is 24.6 Å². The molecule has 3 fully saturated rings. The number of halogens is 4. The first kappa shape index (κ1) is 12.5. The summed E-state index contributed by atoms with van der Waals surface area (Å²) < 4.78 is 48.8. The van der Waals surface area contributed by atoms with E-state index in [1.165, 1.54) is 0 Å². The van der Waals surface area contributed by atoms with Gasteiger partial charge in [-0.05, 0) is 11.8 Å². The molecule has 3 aliphatic rings. The molecule has 6 heteroatoms. The molecule has 3 rings (SSSR count). The van der Waals surface area contributed by atoms with Crippen molar-refractivity contribution in [1.82, 2.24) is 0 Å². The molecule has 0 aromatic rings. The molecule has 3 aliphatic carbocycles. The van der Waals surface area contributed by atoms with E-state index in [4.69, 9.17) is 0 Å². The van der Waals surface area contributed by atoms with E-state index in [0.717, 1.165) is 0 Å². The second-order valence-electron chi connectivity index (χ2n) is 4.41. The number of hydrogen-bond acceptors (Lipinski definition) is 0. The molecule has 0 nitrogen and oxygen atoms in total. The maximum atomic E-state index is 12.3. The van der Waals surface area contributed by atoms with Crippen molar-refractivity contribution in [2.24, 2.45) is 5.41 Å². The molecule has 0 unspecified atom stereocenters. The van der Waals surface area contributed by atoms with Gasteiger partial charge in [0.25, 0.3) is 0 Å². The van der Waals surface area contributed by atoms with Crippen molar-refractivity contribution in [3.63, 3.8) is 0 Å². The fourth-order valence-electron chi connectivity index (χ4n) is 2.90.